The number of carbonyl (C=O) groups excluding carboxylic acids is 1. The highest BCUT2D eigenvalue weighted by atomic mass is 32.1. The van der Waals surface area contributed by atoms with E-state index in [1.165, 1.54) is 0 Å². The molecule has 3 aromatic rings. The van der Waals surface area contributed by atoms with E-state index >= 15 is 0 Å². The smallest absolute Gasteiger partial charge is 0.256 e. The summed E-state index contributed by atoms with van der Waals surface area (Å²) in [6.45, 7) is 0.565. The third kappa shape index (κ3) is 3.44. The molecule has 1 fully saturated rings. The Bertz CT molecular complexity index is 1130. The van der Waals surface area contributed by atoms with Crippen molar-refractivity contribution < 1.29 is 14.3 Å². The van der Waals surface area contributed by atoms with Crippen LogP contribution in [0.5, 0.6) is 11.5 Å². The zero-order valence-electron chi connectivity index (χ0n) is 17.9. The first-order valence-corrected chi connectivity index (χ1v) is 10.8. The fourth-order valence-corrected chi connectivity index (χ4v) is 4.71. The SMILES string of the molecule is COc1cc2c(cc1OC)CN1C(=S)N(c3ccc(Nc4ccccc4)cc3)C(=O)[C@@H]1C2. The number of para-hydroxylation sites is 1. The molecular weight excluding hydrogens is 422 g/mol. The largest absolute Gasteiger partial charge is 0.493 e. The van der Waals surface area contributed by atoms with Crippen LogP contribution in [-0.2, 0) is 17.8 Å². The molecule has 162 valence electrons. The molecule has 1 amide bonds. The molecule has 1 N–H and O–H groups in total. The van der Waals surface area contributed by atoms with Gasteiger partial charge in [-0.3, -0.25) is 9.69 Å². The molecular formula is C25H23N3O3S. The Hall–Kier alpha value is -3.58. The minimum atomic E-state index is -0.310. The maximum atomic E-state index is 13.3. The van der Waals surface area contributed by atoms with Gasteiger partial charge in [-0.25, -0.2) is 0 Å². The van der Waals surface area contributed by atoms with E-state index in [0.29, 0.717) is 29.6 Å². The normalized spacial score (nSPS) is 17.1. The van der Waals surface area contributed by atoms with Gasteiger partial charge < -0.3 is 19.7 Å². The summed E-state index contributed by atoms with van der Waals surface area (Å²) in [5.74, 6) is 1.35. The van der Waals surface area contributed by atoms with Gasteiger partial charge in [0.25, 0.3) is 5.91 Å². The highest BCUT2D eigenvalue weighted by molar-refractivity contribution is 7.80. The van der Waals surface area contributed by atoms with E-state index in [2.05, 4.69) is 5.32 Å². The van der Waals surface area contributed by atoms with E-state index in [0.717, 1.165) is 28.2 Å². The summed E-state index contributed by atoms with van der Waals surface area (Å²) in [6.07, 6.45) is 0.582. The van der Waals surface area contributed by atoms with Gasteiger partial charge in [-0.2, -0.15) is 0 Å². The topological polar surface area (TPSA) is 54.0 Å². The monoisotopic (exact) mass is 445 g/mol. The molecule has 0 aromatic heterocycles. The number of methoxy groups -OCH3 is 2. The third-order valence-electron chi connectivity index (χ3n) is 5.97. The van der Waals surface area contributed by atoms with E-state index in [-0.39, 0.29) is 11.9 Å². The van der Waals surface area contributed by atoms with Crippen LogP contribution in [0.2, 0.25) is 0 Å². The fourth-order valence-electron chi connectivity index (χ4n) is 4.33. The zero-order valence-corrected chi connectivity index (χ0v) is 18.7. The molecule has 0 saturated carbocycles. The second-order valence-electron chi connectivity index (χ2n) is 7.82. The van der Waals surface area contributed by atoms with Crippen molar-refractivity contribution in [2.24, 2.45) is 0 Å². The van der Waals surface area contributed by atoms with Gasteiger partial charge in [0.15, 0.2) is 16.6 Å². The molecule has 3 aromatic carbocycles. The summed E-state index contributed by atoms with van der Waals surface area (Å²) in [4.78, 5) is 17.0. The average Bonchev–Trinajstić information content (AvgIpc) is 3.07. The molecule has 5 rings (SSSR count). The van der Waals surface area contributed by atoms with Crippen LogP contribution in [0, 0.1) is 0 Å². The lowest BCUT2D eigenvalue weighted by Crippen LogP contribution is -2.40. The van der Waals surface area contributed by atoms with Gasteiger partial charge in [0.1, 0.15) is 6.04 Å². The quantitative estimate of drug-likeness (QED) is 0.584. The van der Waals surface area contributed by atoms with Gasteiger partial charge in [0, 0.05) is 24.3 Å². The van der Waals surface area contributed by atoms with Crippen molar-refractivity contribution in [2.45, 2.75) is 19.0 Å². The lowest BCUT2D eigenvalue weighted by atomic mass is 9.94. The Balaban J connectivity index is 1.39. The van der Waals surface area contributed by atoms with Crippen LogP contribution in [0.15, 0.2) is 66.7 Å². The van der Waals surface area contributed by atoms with Crippen LogP contribution in [0.4, 0.5) is 17.1 Å². The third-order valence-corrected chi connectivity index (χ3v) is 6.38. The summed E-state index contributed by atoms with van der Waals surface area (Å²) < 4.78 is 10.9. The molecule has 0 unspecified atom stereocenters. The standard InChI is InChI=1S/C25H23N3O3S/c1-30-22-13-16-12-21-24(29)28(25(32)27(21)15-17(16)14-23(22)31-2)20-10-8-19(9-11-20)26-18-6-4-3-5-7-18/h3-11,13-14,21,26H,12,15H2,1-2H3/t21-/m0/s1. The van der Waals surface area contributed by atoms with Crippen molar-refractivity contribution in [1.82, 2.24) is 4.90 Å². The number of anilines is 3. The molecule has 0 bridgehead atoms. The molecule has 32 heavy (non-hydrogen) atoms. The summed E-state index contributed by atoms with van der Waals surface area (Å²) in [5.41, 5.74) is 4.91. The number of rotatable bonds is 5. The number of nitrogens with one attached hydrogen (secondary N) is 1. The van der Waals surface area contributed by atoms with Crippen molar-refractivity contribution in [2.75, 3.05) is 24.4 Å². The number of amides is 1. The molecule has 0 aliphatic carbocycles. The zero-order chi connectivity index (χ0) is 22.2. The van der Waals surface area contributed by atoms with Crippen molar-refractivity contribution >= 4 is 40.3 Å². The van der Waals surface area contributed by atoms with Gasteiger partial charge in [-0.05, 0) is 71.9 Å². The predicted molar refractivity (Wildman–Crippen MR) is 129 cm³/mol. The van der Waals surface area contributed by atoms with Crippen LogP contribution in [0.1, 0.15) is 11.1 Å². The van der Waals surface area contributed by atoms with Gasteiger partial charge >= 0.3 is 0 Å². The molecule has 1 atom stereocenters. The van der Waals surface area contributed by atoms with Crippen LogP contribution in [0.3, 0.4) is 0 Å². The second kappa shape index (κ2) is 8.16. The molecule has 2 aliphatic heterocycles. The fraction of sp³-hybridized carbons (Fsp3) is 0.200. The van der Waals surface area contributed by atoms with E-state index in [1.807, 2.05) is 71.6 Å². The number of fused-ring (bicyclic) bond motifs is 2. The van der Waals surface area contributed by atoms with E-state index in [4.69, 9.17) is 21.7 Å². The summed E-state index contributed by atoms with van der Waals surface area (Å²) in [7, 11) is 3.24. The van der Waals surface area contributed by atoms with Crippen LogP contribution < -0.4 is 19.7 Å². The molecule has 2 heterocycles. The molecule has 0 radical (unpaired) electrons. The predicted octanol–water partition coefficient (Wildman–Crippen LogP) is 4.51. The Morgan fingerprint density at radius 2 is 1.53 bits per heavy atom. The van der Waals surface area contributed by atoms with E-state index < -0.39 is 0 Å². The first-order chi connectivity index (χ1) is 15.6. The summed E-state index contributed by atoms with van der Waals surface area (Å²) >= 11 is 5.73. The minimum Gasteiger partial charge on any atom is -0.493 e. The highest BCUT2D eigenvalue weighted by Gasteiger charge is 2.45. The van der Waals surface area contributed by atoms with Gasteiger partial charge in [0.2, 0.25) is 0 Å². The van der Waals surface area contributed by atoms with Crippen LogP contribution in [-0.4, -0.2) is 36.2 Å². The summed E-state index contributed by atoms with van der Waals surface area (Å²) in [6, 6.07) is 21.4. The molecule has 0 spiro atoms. The van der Waals surface area contributed by atoms with Gasteiger partial charge in [-0.15, -0.1) is 0 Å². The molecule has 7 heteroatoms. The summed E-state index contributed by atoms with van der Waals surface area (Å²) in [5, 5.41) is 3.89. The number of ether oxygens (including phenoxy) is 2. The Labute approximate surface area is 192 Å². The maximum absolute atomic E-state index is 13.3. The number of nitrogens with zero attached hydrogens (tertiary/aromatic N) is 2. The maximum Gasteiger partial charge on any atom is 0.256 e. The second-order valence-corrected chi connectivity index (χ2v) is 8.18. The van der Waals surface area contributed by atoms with E-state index in [1.54, 1.807) is 19.1 Å². The van der Waals surface area contributed by atoms with Crippen LogP contribution in [0.25, 0.3) is 0 Å². The number of thiocarbonyl (C=S) groups is 1. The Morgan fingerprint density at radius 1 is 0.906 bits per heavy atom. The number of hydrogen-bond donors (Lipinski definition) is 1. The van der Waals surface area contributed by atoms with E-state index in [9.17, 15) is 4.79 Å². The van der Waals surface area contributed by atoms with Crippen molar-refractivity contribution in [3.05, 3.63) is 77.9 Å². The molecule has 6 nitrogen and oxygen atoms in total. The highest BCUT2D eigenvalue weighted by Crippen LogP contribution is 2.38. The van der Waals surface area contributed by atoms with Crippen molar-refractivity contribution in [3.63, 3.8) is 0 Å². The van der Waals surface area contributed by atoms with Crippen molar-refractivity contribution in [3.8, 4) is 11.5 Å². The molecule has 1 saturated heterocycles. The van der Waals surface area contributed by atoms with Crippen LogP contribution >= 0.6 is 12.2 Å². The first-order valence-electron chi connectivity index (χ1n) is 10.4. The lowest BCUT2D eigenvalue weighted by molar-refractivity contribution is -0.119. The van der Waals surface area contributed by atoms with Crippen molar-refractivity contribution in [1.29, 1.82) is 0 Å². The number of benzene rings is 3. The number of hydrogen-bond acceptors (Lipinski definition) is 5. The molecule has 2 aliphatic rings. The van der Waals surface area contributed by atoms with Gasteiger partial charge in [0.05, 0.1) is 19.9 Å². The number of carbonyl (C=O) groups is 1. The van der Waals surface area contributed by atoms with Gasteiger partial charge in [-0.1, -0.05) is 18.2 Å². The first kappa shape index (κ1) is 20.3. The lowest BCUT2D eigenvalue weighted by Gasteiger charge is -2.31. The average molecular weight is 446 g/mol. The minimum absolute atomic E-state index is 0.000738. The Morgan fingerprint density at radius 3 is 2.19 bits per heavy atom. The Kier molecular flexibility index (Phi) is 5.19.